The van der Waals surface area contributed by atoms with Crippen molar-refractivity contribution in [3.63, 3.8) is 0 Å². The van der Waals surface area contributed by atoms with E-state index in [0.717, 1.165) is 12.8 Å². The Morgan fingerprint density at radius 1 is 1.26 bits per heavy atom. The maximum Gasteiger partial charge on any atom is 0.252 e. The Morgan fingerprint density at radius 3 is 2.61 bits per heavy atom. The SMILES string of the molecule is CBc1ccc(Cn2cnc3c(OC)c(C(N)=O)ccc32)cc1. The molecule has 23 heavy (non-hydrogen) atoms. The van der Waals surface area contributed by atoms with Crippen molar-refractivity contribution in [2.75, 3.05) is 7.11 Å². The highest BCUT2D eigenvalue weighted by molar-refractivity contribution is 6.51. The largest absolute Gasteiger partial charge is 0.494 e. The predicted molar refractivity (Wildman–Crippen MR) is 93.0 cm³/mol. The number of ether oxygens (including phenoxy) is 1. The minimum atomic E-state index is -0.520. The molecule has 2 aromatic carbocycles. The van der Waals surface area contributed by atoms with Gasteiger partial charge in [0.1, 0.15) is 5.52 Å². The molecule has 1 heterocycles. The fraction of sp³-hybridized carbons (Fsp3) is 0.176. The molecule has 0 aliphatic heterocycles. The molecule has 3 aromatic rings. The van der Waals surface area contributed by atoms with Gasteiger partial charge in [0.2, 0.25) is 0 Å². The summed E-state index contributed by atoms with van der Waals surface area (Å²) in [5.74, 6) is -0.0939. The minimum Gasteiger partial charge on any atom is -0.494 e. The molecule has 0 aliphatic carbocycles. The van der Waals surface area contributed by atoms with Gasteiger partial charge in [-0.2, -0.15) is 0 Å². The third kappa shape index (κ3) is 2.80. The number of hydrogen-bond donors (Lipinski definition) is 1. The van der Waals surface area contributed by atoms with Crippen LogP contribution in [0.4, 0.5) is 0 Å². The molecule has 1 aromatic heterocycles. The number of amides is 1. The highest BCUT2D eigenvalue weighted by Gasteiger charge is 2.16. The number of methoxy groups -OCH3 is 1. The number of nitrogens with two attached hydrogens (primary N) is 1. The second kappa shape index (κ2) is 6.16. The van der Waals surface area contributed by atoms with Gasteiger partial charge in [-0.15, -0.1) is 0 Å². The third-order valence-electron chi connectivity index (χ3n) is 4.00. The summed E-state index contributed by atoms with van der Waals surface area (Å²) in [4.78, 5) is 15.9. The number of benzene rings is 2. The van der Waals surface area contributed by atoms with Crippen LogP contribution in [-0.4, -0.2) is 29.8 Å². The number of hydrogen-bond acceptors (Lipinski definition) is 3. The van der Waals surface area contributed by atoms with E-state index in [1.807, 2.05) is 10.6 Å². The first-order valence-electron chi connectivity index (χ1n) is 7.53. The Hall–Kier alpha value is -2.76. The molecule has 116 valence electrons. The highest BCUT2D eigenvalue weighted by atomic mass is 16.5. The molecule has 6 heteroatoms. The van der Waals surface area contributed by atoms with Crippen molar-refractivity contribution in [3.8, 4) is 5.75 Å². The number of fused-ring (bicyclic) bond motifs is 1. The van der Waals surface area contributed by atoms with Gasteiger partial charge in [-0.1, -0.05) is 36.6 Å². The van der Waals surface area contributed by atoms with Crippen LogP contribution in [0, 0.1) is 0 Å². The smallest absolute Gasteiger partial charge is 0.252 e. The van der Waals surface area contributed by atoms with Gasteiger partial charge in [-0.3, -0.25) is 4.79 Å². The lowest BCUT2D eigenvalue weighted by molar-refractivity contribution is 0.0997. The van der Waals surface area contributed by atoms with Crippen LogP contribution in [0.3, 0.4) is 0 Å². The summed E-state index contributed by atoms with van der Waals surface area (Å²) in [6.07, 6.45) is 1.76. The number of imidazole rings is 1. The molecular formula is C17H18BN3O2. The highest BCUT2D eigenvalue weighted by Crippen LogP contribution is 2.28. The van der Waals surface area contributed by atoms with Gasteiger partial charge in [0.05, 0.1) is 24.5 Å². The van der Waals surface area contributed by atoms with E-state index in [1.54, 1.807) is 12.4 Å². The van der Waals surface area contributed by atoms with Gasteiger partial charge in [0, 0.05) is 6.54 Å². The van der Waals surface area contributed by atoms with Gasteiger partial charge in [-0.05, 0) is 17.7 Å². The van der Waals surface area contributed by atoms with Crippen molar-refractivity contribution in [1.82, 2.24) is 9.55 Å². The summed E-state index contributed by atoms with van der Waals surface area (Å²) < 4.78 is 7.37. The summed E-state index contributed by atoms with van der Waals surface area (Å²) in [6.45, 7) is 2.85. The second-order valence-electron chi connectivity index (χ2n) is 5.42. The van der Waals surface area contributed by atoms with E-state index in [4.69, 9.17) is 10.5 Å². The summed E-state index contributed by atoms with van der Waals surface area (Å²) in [7, 11) is 2.55. The van der Waals surface area contributed by atoms with Gasteiger partial charge in [0.25, 0.3) is 5.91 Å². The minimum absolute atomic E-state index is 0.345. The average Bonchev–Trinajstić information content (AvgIpc) is 2.97. The Bertz CT molecular complexity index is 856. The average molecular weight is 307 g/mol. The van der Waals surface area contributed by atoms with Crippen LogP contribution in [0.25, 0.3) is 11.0 Å². The van der Waals surface area contributed by atoms with Crippen LogP contribution in [0.15, 0.2) is 42.7 Å². The lowest BCUT2D eigenvalue weighted by atomic mass is 9.73. The van der Waals surface area contributed by atoms with Crippen molar-refractivity contribution in [3.05, 3.63) is 53.9 Å². The molecule has 0 spiro atoms. The normalized spacial score (nSPS) is 10.7. The molecule has 0 saturated carbocycles. The Kier molecular flexibility index (Phi) is 4.06. The second-order valence-corrected chi connectivity index (χ2v) is 5.42. The molecule has 0 aliphatic rings. The Labute approximate surface area is 135 Å². The van der Waals surface area contributed by atoms with E-state index in [0.29, 0.717) is 23.4 Å². The molecule has 0 bridgehead atoms. The van der Waals surface area contributed by atoms with Crippen LogP contribution in [-0.2, 0) is 6.54 Å². The molecule has 0 fully saturated rings. The first kappa shape index (κ1) is 15.2. The lowest BCUT2D eigenvalue weighted by Gasteiger charge is -2.08. The fourth-order valence-electron chi connectivity index (χ4n) is 2.71. The zero-order chi connectivity index (χ0) is 16.4. The van der Waals surface area contributed by atoms with Crippen molar-refractivity contribution in [2.24, 2.45) is 5.73 Å². The zero-order valence-electron chi connectivity index (χ0n) is 13.2. The molecule has 0 saturated heterocycles. The van der Waals surface area contributed by atoms with Gasteiger partial charge in [-0.25, -0.2) is 4.98 Å². The van der Waals surface area contributed by atoms with E-state index >= 15 is 0 Å². The Balaban J connectivity index is 2.00. The van der Waals surface area contributed by atoms with Gasteiger partial charge >= 0.3 is 0 Å². The lowest BCUT2D eigenvalue weighted by Crippen LogP contribution is -2.12. The Morgan fingerprint density at radius 2 is 2.00 bits per heavy atom. The first-order chi connectivity index (χ1) is 11.1. The van der Waals surface area contributed by atoms with E-state index in [1.165, 1.54) is 18.1 Å². The van der Waals surface area contributed by atoms with E-state index in [-0.39, 0.29) is 0 Å². The molecule has 0 radical (unpaired) electrons. The summed E-state index contributed by atoms with van der Waals surface area (Å²) in [5, 5.41) is 0. The first-order valence-corrected chi connectivity index (χ1v) is 7.53. The maximum absolute atomic E-state index is 11.5. The van der Waals surface area contributed by atoms with Crippen molar-refractivity contribution in [1.29, 1.82) is 0 Å². The molecule has 2 N–H and O–H groups in total. The maximum atomic E-state index is 11.5. The number of rotatable bonds is 5. The monoisotopic (exact) mass is 307 g/mol. The van der Waals surface area contributed by atoms with Crippen LogP contribution in [0.1, 0.15) is 15.9 Å². The van der Waals surface area contributed by atoms with Crippen molar-refractivity contribution in [2.45, 2.75) is 13.4 Å². The number of nitrogens with zero attached hydrogens (tertiary/aromatic N) is 2. The topological polar surface area (TPSA) is 70.1 Å². The third-order valence-corrected chi connectivity index (χ3v) is 4.00. The number of carbonyl (C=O) groups is 1. The number of carbonyl (C=O) groups excluding carboxylic acids is 1. The quantitative estimate of drug-likeness (QED) is 0.722. The summed E-state index contributed by atoms with van der Waals surface area (Å²) >= 11 is 0. The van der Waals surface area contributed by atoms with E-state index < -0.39 is 5.91 Å². The summed E-state index contributed by atoms with van der Waals surface area (Å²) in [5.41, 5.74) is 9.80. The molecule has 5 nitrogen and oxygen atoms in total. The van der Waals surface area contributed by atoms with Gasteiger partial charge < -0.3 is 15.0 Å². The summed E-state index contributed by atoms with van der Waals surface area (Å²) in [6, 6.07) is 12.1. The van der Waals surface area contributed by atoms with Crippen LogP contribution in [0.2, 0.25) is 6.82 Å². The standard InChI is InChI=1S/C17H18BN3O2/c1-18-12-5-3-11(4-6-12)9-21-10-20-15-14(21)8-7-13(17(19)22)16(15)23-2/h3-8,10,18H,9H2,1-2H3,(H2,19,22). The molecule has 0 atom stereocenters. The molecule has 0 unspecified atom stereocenters. The van der Waals surface area contributed by atoms with Crippen LogP contribution < -0.4 is 15.9 Å². The molecular weight excluding hydrogens is 289 g/mol. The van der Waals surface area contributed by atoms with Crippen molar-refractivity contribution >= 4 is 29.7 Å². The van der Waals surface area contributed by atoms with Crippen LogP contribution >= 0.6 is 0 Å². The van der Waals surface area contributed by atoms with Crippen LogP contribution in [0.5, 0.6) is 5.75 Å². The predicted octanol–water partition coefficient (Wildman–Crippen LogP) is 1.30. The van der Waals surface area contributed by atoms with Crippen molar-refractivity contribution < 1.29 is 9.53 Å². The fourth-order valence-corrected chi connectivity index (χ4v) is 2.71. The van der Waals surface area contributed by atoms with E-state index in [2.05, 4.69) is 36.1 Å². The number of aromatic nitrogens is 2. The van der Waals surface area contributed by atoms with E-state index in [9.17, 15) is 4.79 Å². The molecule has 3 rings (SSSR count). The molecule has 1 amide bonds. The van der Waals surface area contributed by atoms with Gasteiger partial charge in [0.15, 0.2) is 13.0 Å². The number of primary amides is 1. The zero-order valence-corrected chi connectivity index (χ0v) is 13.2.